The molecule has 167 valence electrons. The first-order chi connectivity index (χ1) is 13.7. The van der Waals surface area contributed by atoms with Crippen LogP contribution >= 0.6 is 0 Å². The van der Waals surface area contributed by atoms with Crippen LogP contribution < -0.4 is 0 Å². The number of hydrogen-bond donors (Lipinski definition) is 0. The van der Waals surface area contributed by atoms with Crippen molar-refractivity contribution in [1.82, 2.24) is 4.81 Å². The van der Waals surface area contributed by atoms with Crippen LogP contribution in [0, 0.1) is 23.2 Å². The minimum absolute atomic E-state index is 0.0186. The Morgan fingerprint density at radius 1 is 1.30 bits per heavy atom. The van der Waals surface area contributed by atoms with Gasteiger partial charge in [0.25, 0.3) is 0 Å². The van der Waals surface area contributed by atoms with Crippen LogP contribution in [0.3, 0.4) is 0 Å². The van der Waals surface area contributed by atoms with Crippen LogP contribution in [0.15, 0.2) is 12.2 Å². The zero-order chi connectivity index (χ0) is 22.5. The average molecular weight is 537 g/mol. The topological polar surface area (TPSA) is 46.6 Å². The SMILES string of the molecule is CC(C)(C)[Si](C)(C)OCC1C2C3C=CC(C3)C2(CC[CH2][Sn]([CH3])([CH3])[CH3])C(=O)N1[B]C=O. The summed E-state index contributed by atoms with van der Waals surface area (Å²) in [4.78, 5) is 34.5. The van der Waals surface area contributed by atoms with Crippen LogP contribution in [-0.2, 0) is 14.0 Å². The number of fused-ring (bicyclic) bond motifs is 5. The second kappa shape index (κ2) is 8.36. The fraction of sp³-hybridized carbons (Fsp3) is 0.826. The summed E-state index contributed by atoms with van der Waals surface area (Å²) in [5.41, 5.74) is -0.322. The molecular weight excluding hydrogens is 496 g/mol. The number of amides is 1. The molecule has 0 aromatic carbocycles. The van der Waals surface area contributed by atoms with Gasteiger partial charge in [-0.25, -0.2) is 0 Å². The third kappa shape index (κ3) is 4.26. The van der Waals surface area contributed by atoms with Gasteiger partial charge < -0.3 is 0 Å². The second-order valence-corrected chi connectivity index (χ2v) is 33.4. The Balaban J connectivity index is 1.88. The molecule has 2 aliphatic carbocycles. The van der Waals surface area contributed by atoms with Crippen LogP contribution in [0.25, 0.3) is 0 Å². The van der Waals surface area contributed by atoms with E-state index in [-0.39, 0.29) is 28.3 Å². The average Bonchev–Trinajstić information content (AvgIpc) is 3.24. The fourth-order valence-corrected chi connectivity index (χ4v) is 10.4. The maximum absolute atomic E-state index is 13.9. The zero-order valence-electron chi connectivity index (χ0n) is 20.3. The maximum atomic E-state index is 13.9. The van der Waals surface area contributed by atoms with E-state index in [0.717, 1.165) is 25.4 Å². The fourth-order valence-electron chi connectivity index (χ4n) is 5.81. The van der Waals surface area contributed by atoms with Crippen molar-refractivity contribution in [1.29, 1.82) is 0 Å². The molecule has 3 rings (SSSR count). The van der Waals surface area contributed by atoms with Crippen LogP contribution in [0.1, 0.15) is 40.0 Å². The molecule has 7 heteroatoms. The van der Waals surface area contributed by atoms with Crippen molar-refractivity contribution >= 4 is 46.2 Å². The van der Waals surface area contributed by atoms with E-state index in [0.29, 0.717) is 18.4 Å². The summed E-state index contributed by atoms with van der Waals surface area (Å²) >= 11 is -1.88. The Morgan fingerprint density at radius 2 is 1.97 bits per heavy atom. The number of rotatable bonds is 9. The van der Waals surface area contributed by atoms with E-state index in [1.165, 1.54) is 11.9 Å². The molecule has 30 heavy (non-hydrogen) atoms. The monoisotopic (exact) mass is 538 g/mol. The Kier molecular flexibility index (Phi) is 6.85. The van der Waals surface area contributed by atoms with Gasteiger partial charge in [-0.3, -0.25) is 0 Å². The molecule has 1 radical (unpaired) electrons. The number of carbonyl (C=O) groups is 2. The van der Waals surface area contributed by atoms with Crippen molar-refractivity contribution in [2.24, 2.45) is 23.2 Å². The Morgan fingerprint density at radius 3 is 2.53 bits per heavy atom. The van der Waals surface area contributed by atoms with Crippen LogP contribution in [0.5, 0.6) is 0 Å². The summed E-state index contributed by atoms with van der Waals surface area (Å²) < 4.78 is 7.94. The third-order valence-electron chi connectivity index (χ3n) is 8.40. The molecule has 2 bridgehead atoms. The molecular formula is C23H41BNO3SiSn. The van der Waals surface area contributed by atoms with Gasteiger partial charge in [0.2, 0.25) is 0 Å². The van der Waals surface area contributed by atoms with E-state index in [2.05, 4.69) is 60.8 Å². The molecule has 2 fully saturated rings. The summed E-state index contributed by atoms with van der Waals surface area (Å²) in [6, 6.07) is -0.0186. The van der Waals surface area contributed by atoms with Crippen molar-refractivity contribution < 1.29 is 14.0 Å². The molecule has 1 saturated heterocycles. The van der Waals surface area contributed by atoms with Crippen molar-refractivity contribution in [3.63, 3.8) is 0 Å². The minimum atomic E-state index is -1.94. The van der Waals surface area contributed by atoms with Crippen LogP contribution in [0.2, 0.25) is 37.4 Å². The van der Waals surface area contributed by atoms with E-state index in [1.54, 1.807) is 4.81 Å². The number of allylic oxidation sites excluding steroid dienone is 2. The quantitative estimate of drug-likeness (QED) is 0.238. The molecule has 1 aliphatic heterocycles. The van der Waals surface area contributed by atoms with Crippen molar-refractivity contribution in [3.8, 4) is 0 Å². The van der Waals surface area contributed by atoms with Gasteiger partial charge in [0.05, 0.1) is 0 Å². The van der Waals surface area contributed by atoms with Crippen LogP contribution in [-0.4, -0.2) is 63.7 Å². The van der Waals surface area contributed by atoms with E-state index in [9.17, 15) is 9.59 Å². The predicted octanol–water partition coefficient (Wildman–Crippen LogP) is 4.96. The first-order valence-corrected chi connectivity index (χ1v) is 25.2. The van der Waals surface area contributed by atoms with Gasteiger partial charge in [-0.1, -0.05) is 0 Å². The third-order valence-corrected chi connectivity index (χ3v) is 18.2. The van der Waals surface area contributed by atoms with E-state index in [1.807, 2.05) is 0 Å². The van der Waals surface area contributed by atoms with Gasteiger partial charge >= 0.3 is 190 Å². The summed E-state index contributed by atoms with van der Waals surface area (Å²) in [6.07, 6.45) is 8.64. The molecule has 1 saturated carbocycles. The standard InChI is InChI=1S/C20H32BNO3Si.3CH3.Sn/c1-7-10-20-15-9-8-14(11-15)17(20)16(22(18(20)24)21-13-23)12-25-26(5,6)19(2,3)4;;;;/h8-9,13-17H,1,7,10-12H2,2-6H3;3*1H3;. The van der Waals surface area contributed by atoms with Gasteiger partial charge in [-0.2, -0.15) is 0 Å². The van der Waals surface area contributed by atoms with Crippen molar-refractivity contribution in [3.05, 3.63) is 12.2 Å². The number of hydrogen-bond acceptors (Lipinski definition) is 3. The Bertz CT molecular complexity index is 714. The van der Waals surface area contributed by atoms with E-state index in [4.69, 9.17) is 4.43 Å². The normalized spacial score (nSPS) is 33.3. The first kappa shape index (κ1) is 24.6. The summed E-state index contributed by atoms with van der Waals surface area (Å²) in [6.45, 7) is 11.8. The summed E-state index contributed by atoms with van der Waals surface area (Å²) in [5.74, 6) is 1.23. The molecule has 1 heterocycles. The van der Waals surface area contributed by atoms with Gasteiger partial charge in [-0.15, -0.1) is 0 Å². The van der Waals surface area contributed by atoms with Gasteiger partial charge in [0, 0.05) is 0 Å². The molecule has 5 atom stereocenters. The molecule has 1 amide bonds. The van der Waals surface area contributed by atoms with Gasteiger partial charge in [0.15, 0.2) is 0 Å². The van der Waals surface area contributed by atoms with Crippen molar-refractivity contribution in [2.75, 3.05) is 6.61 Å². The Labute approximate surface area is 189 Å². The molecule has 5 unspecified atom stereocenters. The number of nitrogens with zero attached hydrogens (tertiary/aromatic N) is 1. The molecule has 0 N–H and O–H groups in total. The second-order valence-electron chi connectivity index (χ2n) is 12.5. The molecule has 4 nitrogen and oxygen atoms in total. The zero-order valence-corrected chi connectivity index (χ0v) is 24.2. The van der Waals surface area contributed by atoms with Gasteiger partial charge in [-0.05, 0) is 0 Å². The summed E-state index contributed by atoms with van der Waals surface area (Å²) in [7, 11) is -0.446. The molecule has 0 aromatic rings. The predicted molar refractivity (Wildman–Crippen MR) is 130 cm³/mol. The molecule has 3 aliphatic rings. The van der Waals surface area contributed by atoms with Gasteiger partial charge in [0.1, 0.15) is 0 Å². The van der Waals surface area contributed by atoms with E-state index < -0.39 is 26.7 Å². The first-order valence-electron chi connectivity index (χ1n) is 11.7. The molecule has 0 aromatic heterocycles. The Hall–Kier alpha value is -0.0795. The van der Waals surface area contributed by atoms with E-state index >= 15 is 0 Å². The molecule has 0 spiro atoms. The summed E-state index contributed by atoms with van der Waals surface area (Å²) in [5, 5.41) is 0.125. The number of carbonyl (C=O) groups excluding carboxylic acids is 2. The van der Waals surface area contributed by atoms with Crippen LogP contribution in [0.4, 0.5) is 0 Å². The van der Waals surface area contributed by atoms with Crippen molar-refractivity contribution in [2.45, 2.75) is 83.5 Å².